The summed E-state index contributed by atoms with van der Waals surface area (Å²) < 4.78 is 10.8. The molecule has 0 atom stereocenters. The van der Waals surface area contributed by atoms with Crippen LogP contribution in [0.5, 0.6) is 11.6 Å². The smallest absolute Gasteiger partial charge is 0.262 e. The molecule has 2 heterocycles. The van der Waals surface area contributed by atoms with E-state index in [0.717, 1.165) is 31.9 Å². The molecule has 8 nitrogen and oxygen atoms in total. The highest BCUT2D eigenvalue weighted by Crippen LogP contribution is 2.21. The first-order chi connectivity index (χ1) is 15.6. The number of benzene rings is 2. The first-order valence-corrected chi connectivity index (χ1v) is 10.6. The number of para-hydroxylation sites is 1. The molecule has 2 aromatic carbocycles. The molecule has 3 aromatic rings. The highest BCUT2D eigenvalue weighted by Gasteiger charge is 2.20. The largest absolute Gasteiger partial charge is 0.497 e. The Morgan fingerprint density at radius 2 is 1.72 bits per heavy atom. The van der Waals surface area contributed by atoms with Gasteiger partial charge in [0.1, 0.15) is 5.75 Å². The molecule has 1 aliphatic rings. The Kier molecular flexibility index (Phi) is 6.69. The Labute approximate surface area is 187 Å². The van der Waals surface area contributed by atoms with E-state index in [4.69, 9.17) is 9.47 Å². The normalized spacial score (nSPS) is 13.6. The highest BCUT2D eigenvalue weighted by molar-refractivity contribution is 5.92. The van der Waals surface area contributed by atoms with Crippen LogP contribution in [-0.2, 0) is 4.79 Å². The molecular weight excluding hydrogens is 406 g/mol. The summed E-state index contributed by atoms with van der Waals surface area (Å²) in [5.74, 6) is 1.42. The molecule has 0 aliphatic carbocycles. The average Bonchev–Trinajstić information content (AvgIpc) is 2.83. The summed E-state index contributed by atoms with van der Waals surface area (Å²) in [5, 5.41) is 2.80. The molecule has 1 aliphatic heterocycles. The van der Waals surface area contributed by atoms with Crippen LogP contribution in [0.25, 0.3) is 0 Å². The number of hydrogen-bond acceptors (Lipinski definition) is 7. The Morgan fingerprint density at radius 3 is 2.47 bits per heavy atom. The van der Waals surface area contributed by atoms with Gasteiger partial charge in [-0.05, 0) is 31.2 Å². The van der Waals surface area contributed by atoms with Crippen molar-refractivity contribution in [1.82, 2.24) is 9.97 Å². The van der Waals surface area contributed by atoms with Gasteiger partial charge in [-0.3, -0.25) is 4.79 Å². The number of hydrogen-bond donors (Lipinski definition) is 1. The van der Waals surface area contributed by atoms with Gasteiger partial charge in [0.05, 0.1) is 7.11 Å². The lowest BCUT2D eigenvalue weighted by atomic mass is 10.2. The van der Waals surface area contributed by atoms with Gasteiger partial charge >= 0.3 is 0 Å². The monoisotopic (exact) mass is 433 g/mol. The number of carbonyl (C=O) groups is 1. The second-order valence-corrected chi connectivity index (χ2v) is 7.53. The molecule has 0 spiro atoms. The van der Waals surface area contributed by atoms with Crippen molar-refractivity contribution in [3.63, 3.8) is 0 Å². The first-order valence-electron chi connectivity index (χ1n) is 10.6. The zero-order valence-corrected chi connectivity index (χ0v) is 18.3. The van der Waals surface area contributed by atoms with Gasteiger partial charge in [-0.15, -0.1) is 0 Å². The van der Waals surface area contributed by atoms with E-state index in [0.29, 0.717) is 23.3 Å². The molecule has 8 heteroatoms. The molecule has 1 N–H and O–H groups in total. The van der Waals surface area contributed by atoms with Gasteiger partial charge in [0.2, 0.25) is 11.8 Å². The van der Waals surface area contributed by atoms with Crippen molar-refractivity contribution in [2.75, 3.05) is 55.0 Å². The Bertz CT molecular complexity index is 1050. The van der Waals surface area contributed by atoms with Crippen LogP contribution in [0, 0.1) is 6.92 Å². The zero-order valence-electron chi connectivity index (χ0n) is 18.3. The van der Waals surface area contributed by atoms with Crippen LogP contribution in [0.4, 0.5) is 17.3 Å². The summed E-state index contributed by atoms with van der Waals surface area (Å²) in [5.41, 5.74) is 2.67. The molecule has 0 unspecified atom stereocenters. The van der Waals surface area contributed by atoms with Gasteiger partial charge in [-0.25, -0.2) is 4.98 Å². The summed E-state index contributed by atoms with van der Waals surface area (Å²) in [4.78, 5) is 25.9. The number of amides is 1. The minimum absolute atomic E-state index is 0.144. The molecule has 166 valence electrons. The third kappa shape index (κ3) is 5.46. The van der Waals surface area contributed by atoms with E-state index in [9.17, 15) is 4.79 Å². The van der Waals surface area contributed by atoms with Gasteiger partial charge in [-0.1, -0.05) is 24.3 Å². The minimum atomic E-state index is -0.271. The van der Waals surface area contributed by atoms with E-state index < -0.39 is 0 Å². The standard InChI is InChI=1S/C24H27N5O3/c1-18-15-23(32-17-22(30)26-19-7-6-10-21(16-19)31-2)27-24(25-18)29-13-11-28(12-14-29)20-8-4-3-5-9-20/h3-10,15-16H,11-14,17H2,1-2H3,(H,26,30). The molecule has 1 amide bonds. The summed E-state index contributed by atoms with van der Waals surface area (Å²) >= 11 is 0. The lowest BCUT2D eigenvalue weighted by Gasteiger charge is -2.36. The lowest BCUT2D eigenvalue weighted by Crippen LogP contribution is -2.47. The Hall–Kier alpha value is -3.81. The van der Waals surface area contributed by atoms with Crippen LogP contribution < -0.4 is 24.6 Å². The van der Waals surface area contributed by atoms with Gasteiger partial charge in [0.15, 0.2) is 6.61 Å². The predicted molar refractivity (Wildman–Crippen MR) is 125 cm³/mol. The fourth-order valence-corrected chi connectivity index (χ4v) is 3.58. The van der Waals surface area contributed by atoms with E-state index in [1.807, 2.05) is 25.1 Å². The van der Waals surface area contributed by atoms with Crippen molar-refractivity contribution in [1.29, 1.82) is 0 Å². The van der Waals surface area contributed by atoms with Crippen molar-refractivity contribution in [2.24, 2.45) is 0 Å². The van der Waals surface area contributed by atoms with Crippen molar-refractivity contribution < 1.29 is 14.3 Å². The molecule has 1 fully saturated rings. The Morgan fingerprint density at radius 1 is 0.969 bits per heavy atom. The molecule has 32 heavy (non-hydrogen) atoms. The maximum atomic E-state index is 12.3. The van der Waals surface area contributed by atoms with E-state index in [1.165, 1.54) is 5.69 Å². The molecule has 0 saturated carbocycles. The second kappa shape index (κ2) is 10.00. The number of nitrogens with zero attached hydrogens (tertiary/aromatic N) is 4. The fourth-order valence-electron chi connectivity index (χ4n) is 3.58. The second-order valence-electron chi connectivity index (χ2n) is 7.53. The van der Waals surface area contributed by atoms with E-state index in [2.05, 4.69) is 49.4 Å². The van der Waals surface area contributed by atoms with Crippen LogP contribution in [0.2, 0.25) is 0 Å². The molecule has 1 saturated heterocycles. The third-order valence-electron chi connectivity index (χ3n) is 5.21. The Balaban J connectivity index is 1.34. The predicted octanol–water partition coefficient (Wildman–Crippen LogP) is 3.14. The van der Waals surface area contributed by atoms with Gasteiger partial charge in [0, 0.05) is 55.4 Å². The molecular formula is C24H27N5O3. The molecule has 0 radical (unpaired) electrons. The number of carbonyl (C=O) groups excluding carboxylic acids is 1. The zero-order chi connectivity index (χ0) is 22.3. The lowest BCUT2D eigenvalue weighted by molar-refractivity contribution is -0.118. The van der Waals surface area contributed by atoms with Crippen molar-refractivity contribution >= 4 is 23.2 Å². The van der Waals surface area contributed by atoms with Crippen LogP contribution in [-0.4, -0.2) is 55.8 Å². The number of rotatable bonds is 7. The van der Waals surface area contributed by atoms with Gasteiger partial charge < -0.3 is 24.6 Å². The third-order valence-corrected chi connectivity index (χ3v) is 5.21. The minimum Gasteiger partial charge on any atom is -0.497 e. The molecule has 1 aromatic heterocycles. The van der Waals surface area contributed by atoms with E-state index >= 15 is 0 Å². The highest BCUT2D eigenvalue weighted by atomic mass is 16.5. The van der Waals surface area contributed by atoms with Gasteiger partial charge in [0.25, 0.3) is 5.91 Å². The number of anilines is 3. The average molecular weight is 434 g/mol. The van der Waals surface area contributed by atoms with Crippen molar-refractivity contribution in [2.45, 2.75) is 6.92 Å². The number of piperazine rings is 1. The van der Waals surface area contributed by atoms with Crippen LogP contribution in [0.15, 0.2) is 60.7 Å². The van der Waals surface area contributed by atoms with Crippen LogP contribution >= 0.6 is 0 Å². The van der Waals surface area contributed by atoms with Crippen molar-refractivity contribution in [3.05, 3.63) is 66.4 Å². The maximum Gasteiger partial charge on any atom is 0.262 e. The number of aryl methyl sites for hydroxylation is 1. The first kappa shape index (κ1) is 21.4. The number of ether oxygens (including phenoxy) is 2. The number of methoxy groups -OCH3 is 1. The maximum absolute atomic E-state index is 12.3. The molecule has 4 rings (SSSR count). The quantitative estimate of drug-likeness (QED) is 0.613. The van der Waals surface area contributed by atoms with E-state index in [1.54, 1.807) is 25.3 Å². The molecule has 0 bridgehead atoms. The number of aromatic nitrogens is 2. The summed E-state index contributed by atoms with van der Waals surface area (Å²) in [7, 11) is 1.58. The fraction of sp³-hybridized carbons (Fsp3) is 0.292. The van der Waals surface area contributed by atoms with Crippen LogP contribution in [0.1, 0.15) is 5.69 Å². The van der Waals surface area contributed by atoms with Crippen molar-refractivity contribution in [3.8, 4) is 11.6 Å². The van der Waals surface area contributed by atoms with Crippen LogP contribution in [0.3, 0.4) is 0 Å². The summed E-state index contributed by atoms with van der Waals surface area (Å²) in [6, 6.07) is 19.3. The number of nitrogens with one attached hydrogen (secondary N) is 1. The summed E-state index contributed by atoms with van der Waals surface area (Å²) in [6.07, 6.45) is 0. The summed E-state index contributed by atoms with van der Waals surface area (Å²) in [6.45, 7) is 5.16. The van der Waals surface area contributed by atoms with E-state index in [-0.39, 0.29) is 12.5 Å². The SMILES string of the molecule is COc1cccc(NC(=O)COc2cc(C)nc(N3CCN(c4ccccc4)CC3)n2)c1. The topological polar surface area (TPSA) is 79.8 Å². The van der Waals surface area contributed by atoms with Gasteiger partial charge in [-0.2, -0.15) is 4.98 Å².